The fourth-order valence-corrected chi connectivity index (χ4v) is 4.67. The van der Waals surface area contributed by atoms with Crippen LogP contribution in [-0.2, 0) is 9.53 Å². The van der Waals surface area contributed by atoms with Crippen molar-refractivity contribution in [2.45, 2.75) is 38.6 Å². The number of hydrogen-bond donors (Lipinski definition) is 0. The summed E-state index contributed by atoms with van der Waals surface area (Å²) >= 11 is 0. The molecule has 0 amide bonds. The molecule has 0 unspecified atom stereocenters. The van der Waals surface area contributed by atoms with Crippen molar-refractivity contribution in [2.75, 3.05) is 52.6 Å². The van der Waals surface area contributed by atoms with E-state index in [1.807, 2.05) is 6.07 Å². The van der Waals surface area contributed by atoms with E-state index in [-0.39, 0.29) is 0 Å². The van der Waals surface area contributed by atoms with Crippen molar-refractivity contribution in [3.63, 3.8) is 0 Å². The Morgan fingerprint density at radius 1 is 1.04 bits per heavy atom. The van der Waals surface area contributed by atoms with Gasteiger partial charge >= 0.3 is 0 Å². The van der Waals surface area contributed by atoms with Crippen LogP contribution in [0.1, 0.15) is 38.2 Å². The van der Waals surface area contributed by atoms with Gasteiger partial charge < -0.3 is 9.64 Å². The summed E-state index contributed by atoms with van der Waals surface area (Å²) in [6.07, 6.45) is 1.63. The first-order valence-corrected chi connectivity index (χ1v) is 10.7. The Kier molecular flexibility index (Phi) is 6.14. The highest BCUT2D eigenvalue weighted by molar-refractivity contribution is 5.98. The van der Waals surface area contributed by atoms with Gasteiger partial charge in [-0.05, 0) is 31.7 Å². The van der Waals surface area contributed by atoms with Crippen LogP contribution in [0.15, 0.2) is 41.6 Å². The van der Waals surface area contributed by atoms with Crippen LogP contribution >= 0.6 is 0 Å². The second-order valence-corrected chi connectivity index (χ2v) is 8.58. The van der Waals surface area contributed by atoms with Crippen LogP contribution in [0.4, 0.5) is 0 Å². The topological polar surface area (TPSA) is 36.0 Å². The molecule has 152 valence electrons. The Balaban J connectivity index is 1.48. The van der Waals surface area contributed by atoms with Crippen molar-refractivity contribution in [2.24, 2.45) is 0 Å². The summed E-state index contributed by atoms with van der Waals surface area (Å²) in [6, 6.07) is 10.9. The van der Waals surface area contributed by atoms with Gasteiger partial charge in [-0.15, -0.1) is 0 Å². The molecule has 28 heavy (non-hydrogen) atoms. The molecule has 0 N–H and O–H groups in total. The molecule has 1 saturated heterocycles. The van der Waals surface area contributed by atoms with Crippen LogP contribution in [0.5, 0.6) is 0 Å². The van der Waals surface area contributed by atoms with Crippen molar-refractivity contribution >= 4 is 5.78 Å². The minimum absolute atomic E-state index is 0.314. The zero-order valence-electron chi connectivity index (χ0n) is 17.3. The second-order valence-electron chi connectivity index (χ2n) is 8.58. The molecule has 1 aliphatic carbocycles. The molecule has 3 aliphatic rings. The summed E-state index contributed by atoms with van der Waals surface area (Å²) in [5.74, 6) is 0.658. The molecule has 0 aromatic heterocycles. The molecule has 1 aromatic rings. The summed E-state index contributed by atoms with van der Waals surface area (Å²) < 4.78 is 5.46. The SMILES string of the molecule is CC(C)N1CN(CCN2CCOCC2)CC2=C1C[C@H](c1ccccc1)CC2=O. The molecule has 5 heteroatoms. The van der Waals surface area contributed by atoms with Crippen LogP contribution in [0.3, 0.4) is 0 Å². The lowest BCUT2D eigenvalue weighted by Crippen LogP contribution is -2.51. The lowest BCUT2D eigenvalue weighted by molar-refractivity contribution is -0.117. The van der Waals surface area contributed by atoms with Gasteiger partial charge in [0.05, 0.1) is 19.9 Å². The van der Waals surface area contributed by atoms with Gasteiger partial charge in [-0.25, -0.2) is 0 Å². The Bertz CT molecular complexity index is 710. The van der Waals surface area contributed by atoms with Gasteiger partial charge in [0.1, 0.15) is 0 Å². The van der Waals surface area contributed by atoms with E-state index in [4.69, 9.17) is 4.74 Å². The summed E-state index contributed by atoms with van der Waals surface area (Å²) in [5.41, 5.74) is 3.65. The Morgan fingerprint density at radius 3 is 2.46 bits per heavy atom. The van der Waals surface area contributed by atoms with Crippen LogP contribution in [0.25, 0.3) is 0 Å². The number of carbonyl (C=O) groups excluding carboxylic acids is 1. The van der Waals surface area contributed by atoms with Gasteiger partial charge in [0.25, 0.3) is 0 Å². The zero-order chi connectivity index (χ0) is 19.5. The van der Waals surface area contributed by atoms with Gasteiger partial charge in [-0.2, -0.15) is 0 Å². The highest BCUT2D eigenvalue weighted by Gasteiger charge is 2.36. The van der Waals surface area contributed by atoms with E-state index >= 15 is 0 Å². The lowest BCUT2D eigenvalue weighted by atomic mass is 9.80. The molecule has 1 fully saturated rings. The Labute approximate surface area is 168 Å². The maximum absolute atomic E-state index is 13.1. The molecule has 5 nitrogen and oxygen atoms in total. The summed E-state index contributed by atoms with van der Waals surface area (Å²) in [5, 5.41) is 0. The number of ether oxygens (including phenoxy) is 1. The molecule has 1 aromatic carbocycles. The number of Topliss-reactive ketones (excluding diaryl/α,β-unsaturated/α-hetero) is 1. The van der Waals surface area contributed by atoms with Gasteiger partial charge in [0.15, 0.2) is 5.78 Å². The van der Waals surface area contributed by atoms with Gasteiger partial charge in [0.2, 0.25) is 0 Å². The predicted octanol–water partition coefficient (Wildman–Crippen LogP) is 2.70. The van der Waals surface area contributed by atoms with E-state index in [0.29, 0.717) is 24.2 Å². The molecule has 0 bridgehead atoms. The quantitative estimate of drug-likeness (QED) is 0.781. The highest BCUT2D eigenvalue weighted by atomic mass is 16.5. The number of carbonyl (C=O) groups is 1. The standard InChI is InChI=1S/C23H33N3O2/c1-18(2)26-17-25(9-8-24-10-12-28-13-11-24)16-21-22(26)14-20(15-23(21)27)19-6-4-3-5-7-19/h3-7,18,20H,8-17H2,1-2H3/t20-/m0/s1. The van der Waals surface area contributed by atoms with Gasteiger partial charge in [-0.3, -0.25) is 14.6 Å². The van der Waals surface area contributed by atoms with E-state index in [9.17, 15) is 4.79 Å². The second kappa shape index (κ2) is 8.76. The van der Waals surface area contributed by atoms with E-state index in [1.165, 1.54) is 11.3 Å². The molecule has 1 atom stereocenters. The first-order valence-electron chi connectivity index (χ1n) is 10.7. The molecule has 2 heterocycles. The number of benzene rings is 1. The molecule has 4 rings (SSSR count). The monoisotopic (exact) mass is 383 g/mol. The predicted molar refractivity (Wildman–Crippen MR) is 111 cm³/mol. The number of allylic oxidation sites excluding steroid dienone is 1. The number of rotatable bonds is 5. The van der Waals surface area contributed by atoms with Crippen molar-refractivity contribution in [3.8, 4) is 0 Å². The van der Waals surface area contributed by atoms with Crippen LogP contribution < -0.4 is 0 Å². The Hall–Kier alpha value is -1.69. The maximum Gasteiger partial charge on any atom is 0.162 e. The average molecular weight is 384 g/mol. The molecule has 0 saturated carbocycles. The van der Waals surface area contributed by atoms with Gasteiger partial charge in [0, 0.05) is 56.5 Å². The van der Waals surface area contributed by atoms with Crippen molar-refractivity contribution in [3.05, 3.63) is 47.2 Å². The number of nitrogens with zero attached hydrogens (tertiary/aromatic N) is 3. The molecule has 0 radical (unpaired) electrons. The summed E-state index contributed by atoms with van der Waals surface area (Å²) in [7, 11) is 0. The minimum atomic E-state index is 0.314. The fraction of sp³-hybridized carbons (Fsp3) is 0.609. The summed E-state index contributed by atoms with van der Waals surface area (Å²) in [6.45, 7) is 12.0. The van der Waals surface area contributed by atoms with Crippen LogP contribution in [0.2, 0.25) is 0 Å². The van der Waals surface area contributed by atoms with Crippen molar-refractivity contribution < 1.29 is 9.53 Å². The third-order valence-electron chi connectivity index (χ3n) is 6.37. The third kappa shape index (κ3) is 4.32. The van der Waals surface area contributed by atoms with Gasteiger partial charge in [-0.1, -0.05) is 30.3 Å². The van der Waals surface area contributed by atoms with E-state index < -0.39 is 0 Å². The van der Waals surface area contributed by atoms with E-state index in [0.717, 1.165) is 64.6 Å². The summed E-state index contributed by atoms with van der Waals surface area (Å²) in [4.78, 5) is 20.5. The third-order valence-corrected chi connectivity index (χ3v) is 6.37. The largest absolute Gasteiger partial charge is 0.379 e. The normalized spacial score (nSPS) is 24.8. The van der Waals surface area contributed by atoms with Crippen LogP contribution in [0, 0.1) is 0 Å². The van der Waals surface area contributed by atoms with Crippen molar-refractivity contribution in [1.29, 1.82) is 0 Å². The maximum atomic E-state index is 13.1. The fourth-order valence-electron chi connectivity index (χ4n) is 4.67. The number of morpholine rings is 1. The molecule has 2 aliphatic heterocycles. The first kappa shape index (κ1) is 19.6. The number of ketones is 1. The van der Waals surface area contributed by atoms with Crippen LogP contribution in [-0.4, -0.2) is 79.1 Å². The first-order chi connectivity index (χ1) is 13.6. The molecular weight excluding hydrogens is 350 g/mol. The van der Waals surface area contributed by atoms with Crippen molar-refractivity contribution in [1.82, 2.24) is 14.7 Å². The smallest absolute Gasteiger partial charge is 0.162 e. The van der Waals surface area contributed by atoms with E-state index in [1.54, 1.807) is 0 Å². The highest BCUT2D eigenvalue weighted by Crippen LogP contribution is 2.38. The lowest BCUT2D eigenvalue weighted by Gasteiger charge is -2.45. The molecule has 0 spiro atoms. The average Bonchev–Trinajstić information content (AvgIpc) is 2.73. The minimum Gasteiger partial charge on any atom is -0.379 e. The van der Waals surface area contributed by atoms with E-state index in [2.05, 4.69) is 52.8 Å². The Morgan fingerprint density at radius 2 is 1.75 bits per heavy atom. The zero-order valence-corrected chi connectivity index (χ0v) is 17.3. The molecular formula is C23H33N3O2. The number of hydrogen-bond acceptors (Lipinski definition) is 5.